The molecule has 7 heteroatoms. The van der Waals surface area contributed by atoms with E-state index in [1.54, 1.807) is 0 Å². The molecule has 128 valence electrons. The molecule has 0 aliphatic rings. The van der Waals surface area contributed by atoms with Crippen molar-refractivity contribution in [2.45, 2.75) is 20.4 Å². The maximum atomic E-state index is 5.89. The summed E-state index contributed by atoms with van der Waals surface area (Å²) in [6, 6.07) is 9.70. The van der Waals surface area contributed by atoms with Crippen molar-refractivity contribution in [1.82, 2.24) is 15.3 Å². The Morgan fingerprint density at radius 2 is 1.83 bits per heavy atom. The number of aromatic nitrogens is 2. The third-order valence-corrected chi connectivity index (χ3v) is 3.20. The van der Waals surface area contributed by atoms with Crippen LogP contribution in [0.3, 0.4) is 0 Å². The van der Waals surface area contributed by atoms with Gasteiger partial charge in [0.05, 0.1) is 6.54 Å². The number of likely N-dealkylation sites (N-methyl/N-ethyl adjacent to an activating group) is 1. The van der Waals surface area contributed by atoms with Gasteiger partial charge in [-0.1, -0.05) is 12.1 Å². The monoisotopic (exact) mass is 328 g/mol. The fourth-order valence-corrected chi connectivity index (χ4v) is 2.07. The zero-order valence-electron chi connectivity index (χ0n) is 14.3. The molecule has 0 fully saturated rings. The number of nitrogens with one attached hydrogen (secondary N) is 2. The number of aryl methyl sites for hydroxylation is 2. The smallest absolute Gasteiger partial charge is 0.229 e. The van der Waals surface area contributed by atoms with Crippen molar-refractivity contribution in [3.8, 4) is 5.75 Å². The Kier molecular flexibility index (Phi) is 6.51. The molecule has 0 saturated heterocycles. The lowest BCUT2D eigenvalue weighted by atomic mass is 10.2. The highest BCUT2D eigenvalue weighted by molar-refractivity contribution is 5.90. The molecule has 24 heavy (non-hydrogen) atoms. The number of anilines is 1. The molecule has 1 aromatic heterocycles. The number of ether oxygens (including phenoxy) is 1. The van der Waals surface area contributed by atoms with Crippen LogP contribution in [0, 0.1) is 13.8 Å². The van der Waals surface area contributed by atoms with E-state index in [0.29, 0.717) is 19.1 Å². The maximum absolute atomic E-state index is 5.89. The third kappa shape index (κ3) is 5.85. The van der Waals surface area contributed by atoms with E-state index in [0.717, 1.165) is 29.2 Å². The molecule has 1 aromatic carbocycles. The molecule has 0 aliphatic carbocycles. The van der Waals surface area contributed by atoms with Crippen molar-refractivity contribution in [2.24, 2.45) is 10.7 Å². The number of aliphatic imine (C=N–C) groups is 1. The van der Waals surface area contributed by atoms with Crippen molar-refractivity contribution in [2.75, 3.05) is 25.5 Å². The van der Waals surface area contributed by atoms with E-state index < -0.39 is 0 Å². The predicted molar refractivity (Wildman–Crippen MR) is 96.3 cm³/mol. The summed E-state index contributed by atoms with van der Waals surface area (Å²) in [5.41, 5.74) is 8.70. The van der Waals surface area contributed by atoms with Gasteiger partial charge >= 0.3 is 0 Å². The Bertz CT molecular complexity index is 664. The Balaban J connectivity index is 1.89. The minimum atomic E-state index is 0.286. The van der Waals surface area contributed by atoms with Crippen LogP contribution in [0.15, 0.2) is 35.3 Å². The summed E-state index contributed by atoms with van der Waals surface area (Å²) in [7, 11) is 1.89. The highest BCUT2D eigenvalue weighted by Gasteiger charge is 2.01. The average Bonchev–Trinajstić information content (AvgIpc) is 2.53. The van der Waals surface area contributed by atoms with Crippen molar-refractivity contribution in [1.29, 1.82) is 0 Å². The fraction of sp³-hybridized carbons (Fsp3) is 0.353. The number of nitrogens with two attached hydrogens (primary N) is 1. The molecule has 0 atom stereocenters. The summed E-state index contributed by atoms with van der Waals surface area (Å²) in [6.45, 7) is 5.75. The minimum absolute atomic E-state index is 0.286. The summed E-state index contributed by atoms with van der Waals surface area (Å²) in [4.78, 5) is 12.8. The van der Waals surface area contributed by atoms with Crippen LogP contribution in [0.5, 0.6) is 5.75 Å². The van der Waals surface area contributed by atoms with Crippen molar-refractivity contribution < 1.29 is 4.74 Å². The molecule has 1 heterocycles. The first kappa shape index (κ1) is 17.7. The zero-order chi connectivity index (χ0) is 17.4. The Hall–Kier alpha value is -2.67. The van der Waals surface area contributed by atoms with Gasteiger partial charge in [0.25, 0.3) is 0 Å². The van der Waals surface area contributed by atoms with Crippen LogP contribution in [0.1, 0.15) is 17.0 Å². The van der Waals surface area contributed by atoms with Crippen LogP contribution >= 0.6 is 0 Å². The van der Waals surface area contributed by atoms with Gasteiger partial charge in [-0.3, -0.25) is 5.32 Å². The number of hydrogen-bond donors (Lipinski definition) is 3. The highest BCUT2D eigenvalue weighted by Crippen LogP contribution is 2.12. The van der Waals surface area contributed by atoms with E-state index in [1.807, 2.05) is 51.2 Å². The van der Waals surface area contributed by atoms with Gasteiger partial charge in [-0.2, -0.15) is 0 Å². The molecular formula is C17H24N6O. The van der Waals surface area contributed by atoms with Gasteiger partial charge in [-0.15, -0.1) is 0 Å². The number of benzene rings is 1. The number of hydrogen-bond acceptors (Lipinski definition) is 5. The lowest BCUT2D eigenvalue weighted by Crippen LogP contribution is -2.24. The molecule has 0 unspecified atom stereocenters. The molecular weight excluding hydrogens is 304 g/mol. The normalized spacial score (nSPS) is 11.4. The first-order chi connectivity index (χ1) is 11.6. The zero-order valence-corrected chi connectivity index (χ0v) is 14.3. The maximum Gasteiger partial charge on any atom is 0.229 e. The van der Waals surface area contributed by atoms with Crippen LogP contribution < -0.4 is 21.1 Å². The minimum Gasteiger partial charge on any atom is -0.492 e. The van der Waals surface area contributed by atoms with Crippen molar-refractivity contribution in [3.63, 3.8) is 0 Å². The first-order valence-electron chi connectivity index (χ1n) is 7.82. The van der Waals surface area contributed by atoms with Crippen LogP contribution in [0.4, 0.5) is 5.95 Å². The molecule has 2 rings (SSSR count). The van der Waals surface area contributed by atoms with Crippen LogP contribution in [-0.4, -0.2) is 36.1 Å². The predicted octanol–water partition coefficient (Wildman–Crippen LogP) is 1.62. The molecule has 0 aliphatic heterocycles. The topological polar surface area (TPSA) is 97.5 Å². The van der Waals surface area contributed by atoms with Gasteiger partial charge in [0.2, 0.25) is 5.95 Å². The van der Waals surface area contributed by atoms with E-state index in [9.17, 15) is 0 Å². The van der Waals surface area contributed by atoms with E-state index in [4.69, 9.17) is 10.5 Å². The highest BCUT2D eigenvalue weighted by atomic mass is 16.5. The Morgan fingerprint density at radius 3 is 2.46 bits per heavy atom. The van der Waals surface area contributed by atoms with Crippen LogP contribution in [0.2, 0.25) is 0 Å². The number of nitrogens with zero attached hydrogens (tertiary/aromatic N) is 3. The van der Waals surface area contributed by atoms with Gasteiger partial charge in [-0.05, 0) is 44.7 Å². The summed E-state index contributed by atoms with van der Waals surface area (Å²) in [5, 5.41) is 5.95. The van der Waals surface area contributed by atoms with Gasteiger partial charge < -0.3 is 15.8 Å². The molecule has 7 nitrogen and oxygen atoms in total. The summed E-state index contributed by atoms with van der Waals surface area (Å²) in [5.74, 6) is 1.59. The molecule has 0 spiro atoms. The van der Waals surface area contributed by atoms with Crippen molar-refractivity contribution >= 4 is 11.9 Å². The number of guanidine groups is 1. The van der Waals surface area contributed by atoms with Crippen molar-refractivity contribution in [3.05, 3.63) is 47.3 Å². The van der Waals surface area contributed by atoms with Gasteiger partial charge in [0, 0.05) is 17.9 Å². The largest absolute Gasteiger partial charge is 0.492 e. The second kappa shape index (κ2) is 8.83. The quantitative estimate of drug-likeness (QED) is 0.406. The van der Waals surface area contributed by atoms with Gasteiger partial charge in [0.15, 0.2) is 5.96 Å². The SMILES string of the molecule is CNCCOc1ccc(CN=C(N)Nc2nc(C)cc(C)n2)cc1. The molecule has 2 aromatic rings. The second-order valence-electron chi connectivity index (χ2n) is 5.40. The lowest BCUT2D eigenvalue weighted by Gasteiger charge is -2.07. The van der Waals surface area contributed by atoms with E-state index >= 15 is 0 Å². The Morgan fingerprint density at radius 1 is 1.17 bits per heavy atom. The van der Waals surface area contributed by atoms with E-state index in [-0.39, 0.29) is 5.96 Å². The fourth-order valence-electron chi connectivity index (χ4n) is 2.07. The van der Waals surface area contributed by atoms with Crippen LogP contribution in [-0.2, 0) is 6.54 Å². The van der Waals surface area contributed by atoms with Gasteiger partial charge in [0.1, 0.15) is 12.4 Å². The standard InChI is InChI=1S/C17H24N6O/c1-12-10-13(2)22-17(21-12)23-16(18)20-11-14-4-6-15(7-5-14)24-9-8-19-3/h4-7,10,19H,8-9,11H2,1-3H3,(H3,18,20,21,22,23). The van der Waals surface area contributed by atoms with Crippen LogP contribution in [0.25, 0.3) is 0 Å². The molecule has 0 radical (unpaired) electrons. The lowest BCUT2D eigenvalue weighted by molar-refractivity contribution is 0.318. The average molecular weight is 328 g/mol. The molecule has 4 N–H and O–H groups in total. The summed E-state index contributed by atoms with van der Waals surface area (Å²) >= 11 is 0. The molecule has 0 saturated carbocycles. The van der Waals surface area contributed by atoms with Gasteiger partial charge in [-0.25, -0.2) is 15.0 Å². The molecule has 0 amide bonds. The first-order valence-corrected chi connectivity index (χ1v) is 7.82. The second-order valence-corrected chi connectivity index (χ2v) is 5.40. The van der Waals surface area contributed by atoms with E-state index in [2.05, 4.69) is 25.6 Å². The van der Waals surface area contributed by atoms with E-state index in [1.165, 1.54) is 0 Å². The number of rotatable bonds is 7. The third-order valence-electron chi connectivity index (χ3n) is 3.20. The summed E-state index contributed by atoms with van der Waals surface area (Å²) in [6.07, 6.45) is 0. The molecule has 0 bridgehead atoms. The Labute approximate surface area is 142 Å². The summed E-state index contributed by atoms with van der Waals surface area (Å²) < 4.78 is 5.58.